The number of rotatable bonds is 8. The van der Waals surface area contributed by atoms with Crippen molar-refractivity contribution in [1.29, 1.82) is 0 Å². The van der Waals surface area contributed by atoms with Gasteiger partial charge in [-0.1, -0.05) is 6.92 Å². The number of nitrogens with one attached hydrogen (secondary N) is 1. The Bertz CT molecular complexity index is 548. The number of hydrogen-bond donors (Lipinski definition) is 1. The molecule has 0 aliphatic carbocycles. The molecule has 0 aliphatic heterocycles. The third-order valence-corrected chi connectivity index (χ3v) is 3.49. The van der Waals surface area contributed by atoms with Gasteiger partial charge < -0.3 is 10.1 Å². The standard InChI is InChI=1S/C16H20BrN3O/c1-2-18-11-14-10-15(17)12-20-16(14)21-9-3-4-13-5-7-19-8-6-13/h5-8,10,12,18H,2-4,9,11H2,1H3. The van der Waals surface area contributed by atoms with Gasteiger partial charge in [0.15, 0.2) is 0 Å². The summed E-state index contributed by atoms with van der Waals surface area (Å²) in [5, 5.41) is 3.30. The lowest BCUT2D eigenvalue weighted by atomic mass is 10.1. The average molecular weight is 350 g/mol. The molecule has 2 aromatic heterocycles. The van der Waals surface area contributed by atoms with Gasteiger partial charge in [0.1, 0.15) is 0 Å². The maximum Gasteiger partial charge on any atom is 0.217 e. The number of pyridine rings is 2. The van der Waals surface area contributed by atoms with Gasteiger partial charge >= 0.3 is 0 Å². The van der Waals surface area contributed by atoms with Crippen molar-refractivity contribution >= 4 is 15.9 Å². The van der Waals surface area contributed by atoms with E-state index in [0.717, 1.165) is 36.0 Å². The van der Waals surface area contributed by atoms with E-state index >= 15 is 0 Å². The summed E-state index contributed by atoms with van der Waals surface area (Å²) in [5.41, 5.74) is 2.36. The number of ether oxygens (including phenoxy) is 1. The van der Waals surface area contributed by atoms with Crippen LogP contribution in [-0.2, 0) is 13.0 Å². The molecule has 5 heteroatoms. The number of halogens is 1. The van der Waals surface area contributed by atoms with E-state index in [4.69, 9.17) is 4.74 Å². The first-order valence-electron chi connectivity index (χ1n) is 7.16. The number of aryl methyl sites for hydroxylation is 1. The van der Waals surface area contributed by atoms with Crippen LogP contribution in [-0.4, -0.2) is 23.1 Å². The van der Waals surface area contributed by atoms with Crippen molar-refractivity contribution in [3.63, 3.8) is 0 Å². The Morgan fingerprint density at radius 1 is 1.29 bits per heavy atom. The van der Waals surface area contributed by atoms with E-state index in [9.17, 15) is 0 Å². The topological polar surface area (TPSA) is 47.0 Å². The van der Waals surface area contributed by atoms with Crippen LogP contribution in [0.4, 0.5) is 0 Å². The first kappa shape index (κ1) is 15.9. The third-order valence-electron chi connectivity index (χ3n) is 3.06. The van der Waals surface area contributed by atoms with E-state index in [0.29, 0.717) is 12.5 Å². The Kier molecular flexibility index (Phi) is 6.63. The van der Waals surface area contributed by atoms with Crippen LogP contribution in [0.15, 0.2) is 41.3 Å². The summed E-state index contributed by atoms with van der Waals surface area (Å²) in [6, 6.07) is 6.12. The van der Waals surface area contributed by atoms with Crippen LogP contribution >= 0.6 is 15.9 Å². The number of aromatic nitrogens is 2. The average Bonchev–Trinajstić information content (AvgIpc) is 2.52. The monoisotopic (exact) mass is 349 g/mol. The van der Waals surface area contributed by atoms with Gasteiger partial charge in [-0.05, 0) is 59.1 Å². The van der Waals surface area contributed by atoms with Crippen molar-refractivity contribution in [2.45, 2.75) is 26.3 Å². The van der Waals surface area contributed by atoms with E-state index in [-0.39, 0.29) is 0 Å². The number of nitrogens with zero attached hydrogens (tertiary/aromatic N) is 2. The predicted molar refractivity (Wildman–Crippen MR) is 87.4 cm³/mol. The predicted octanol–water partition coefficient (Wildman–Crippen LogP) is 3.36. The minimum atomic E-state index is 0.663. The van der Waals surface area contributed by atoms with E-state index in [1.807, 2.05) is 30.6 Å². The maximum absolute atomic E-state index is 5.82. The second-order valence-corrected chi connectivity index (χ2v) is 5.62. The van der Waals surface area contributed by atoms with E-state index in [1.54, 1.807) is 6.20 Å². The lowest BCUT2D eigenvalue weighted by molar-refractivity contribution is 0.295. The summed E-state index contributed by atoms with van der Waals surface area (Å²) in [4.78, 5) is 8.37. The molecular weight excluding hydrogens is 330 g/mol. The zero-order valence-electron chi connectivity index (χ0n) is 12.2. The fourth-order valence-corrected chi connectivity index (χ4v) is 2.36. The molecule has 0 saturated heterocycles. The highest BCUT2D eigenvalue weighted by molar-refractivity contribution is 9.10. The fraction of sp³-hybridized carbons (Fsp3) is 0.375. The summed E-state index contributed by atoms with van der Waals surface area (Å²) < 4.78 is 6.80. The van der Waals surface area contributed by atoms with Crippen molar-refractivity contribution in [1.82, 2.24) is 15.3 Å². The molecule has 0 bridgehead atoms. The van der Waals surface area contributed by atoms with Gasteiger partial charge in [0, 0.05) is 35.2 Å². The van der Waals surface area contributed by atoms with Gasteiger partial charge in [-0.3, -0.25) is 4.98 Å². The zero-order valence-corrected chi connectivity index (χ0v) is 13.8. The van der Waals surface area contributed by atoms with E-state index in [1.165, 1.54) is 5.56 Å². The van der Waals surface area contributed by atoms with Crippen molar-refractivity contribution in [2.24, 2.45) is 0 Å². The highest BCUT2D eigenvalue weighted by Gasteiger charge is 2.06. The summed E-state index contributed by atoms with van der Waals surface area (Å²) in [7, 11) is 0. The molecule has 112 valence electrons. The van der Waals surface area contributed by atoms with Gasteiger partial charge in [-0.2, -0.15) is 0 Å². The molecule has 2 aromatic rings. The molecule has 0 spiro atoms. The molecule has 0 aliphatic rings. The SMILES string of the molecule is CCNCc1cc(Br)cnc1OCCCc1ccncc1. The van der Waals surface area contributed by atoms with Crippen molar-refractivity contribution in [3.8, 4) is 5.88 Å². The van der Waals surface area contributed by atoms with Gasteiger partial charge in [0.25, 0.3) is 0 Å². The van der Waals surface area contributed by atoms with Crippen LogP contribution in [0.3, 0.4) is 0 Å². The van der Waals surface area contributed by atoms with E-state index < -0.39 is 0 Å². The molecule has 0 radical (unpaired) electrons. The van der Waals surface area contributed by atoms with E-state index in [2.05, 4.69) is 38.1 Å². The van der Waals surface area contributed by atoms with Crippen LogP contribution in [0.2, 0.25) is 0 Å². The summed E-state index contributed by atoms with van der Waals surface area (Å²) >= 11 is 3.45. The molecule has 4 nitrogen and oxygen atoms in total. The Morgan fingerprint density at radius 2 is 2.10 bits per heavy atom. The van der Waals surface area contributed by atoms with Crippen LogP contribution in [0.25, 0.3) is 0 Å². The Hall–Kier alpha value is -1.46. The first-order chi connectivity index (χ1) is 10.3. The van der Waals surface area contributed by atoms with Crippen LogP contribution in [0.5, 0.6) is 5.88 Å². The highest BCUT2D eigenvalue weighted by Crippen LogP contribution is 2.20. The zero-order chi connectivity index (χ0) is 14.9. The third kappa shape index (κ3) is 5.44. The van der Waals surface area contributed by atoms with Gasteiger partial charge in [-0.25, -0.2) is 4.98 Å². The largest absolute Gasteiger partial charge is 0.477 e. The minimum absolute atomic E-state index is 0.663. The smallest absolute Gasteiger partial charge is 0.217 e. The van der Waals surface area contributed by atoms with Crippen LogP contribution in [0, 0.1) is 0 Å². The van der Waals surface area contributed by atoms with Crippen molar-refractivity contribution in [3.05, 3.63) is 52.4 Å². The molecule has 0 aromatic carbocycles. The Labute approximate surface area is 134 Å². The lowest BCUT2D eigenvalue weighted by Gasteiger charge is -2.11. The molecule has 0 saturated carbocycles. The van der Waals surface area contributed by atoms with Gasteiger partial charge in [-0.15, -0.1) is 0 Å². The maximum atomic E-state index is 5.82. The highest BCUT2D eigenvalue weighted by atomic mass is 79.9. The first-order valence-corrected chi connectivity index (χ1v) is 7.95. The quantitative estimate of drug-likeness (QED) is 0.742. The second-order valence-electron chi connectivity index (χ2n) is 4.71. The van der Waals surface area contributed by atoms with Crippen LogP contribution < -0.4 is 10.1 Å². The summed E-state index contributed by atoms with van der Waals surface area (Å²) in [6.07, 6.45) is 7.36. The molecule has 2 heterocycles. The molecule has 0 unspecified atom stereocenters. The molecule has 1 N–H and O–H groups in total. The van der Waals surface area contributed by atoms with Crippen LogP contribution in [0.1, 0.15) is 24.5 Å². The molecule has 0 atom stereocenters. The minimum Gasteiger partial charge on any atom is -0.477 e. The van der Waals surface area contributed by atoms with Gasteiger partial charge in [0.2, 0.25) is 5.88 Å². The van der Waals surface area contributed by atoms with Crippen molar-refractivity contribution < 1.29 is 4.74 Å². The second kappa shape index (κ2) is 8.74. The Morgan fingerprint density at radius 3 is 2.86 bits per heavy atom. The lowest BCUT2D eigenvalue weighted by Crippen LogP contribution is -2.14. The fourth-order valence-electron chi connectivity index (χ4n) is 1.98. The van der Waals surface area contributed by atoms with Crippen molar-refractivity contribution in [2.75, 3.05) is 13.2 Å². The Balaban J connectivity index is 1.84. The van der Waals surface area contributed by atoms with Gasteiger partial charge in [0.05, 0.1) is 6.61 Å². The summed E-state index contributed by atoms with van der Waals surface area (Å²) in [6.45, 7) is 4.44. The molecule has 0 fully saturated rings. The number of hydrogen-bond acceptors (Lipinski definition) is 4. The summed E-state index contributed by atoms with van der Waals surface area (Å²) in [5.74, 6) is 0.717. The molecule has 21 heavy (non-hydrogen) atoms. The molecular formula is C16H20BrN3O. The molecule has 0 amide bonds. The molecule has 2 rings (SSSR count). The normalized spacial score (nSPS) is 10.6.